The standard InChI is InChI=1S/C13H9ClF2N2O2/c14-8-2-1-6(3-9(8)15)18-12-4-7(13(19)20)11(17)5-10(12)16/h1-5,18H,17H2,(H,19,20). The van der Waals surface area contributed by atoms with Crippen LogP contribution in [0.3, 0.4) is 0 Å². The number of rotatable bonds is 3. The number of hydrogen-bond acceptors (Lipinski definition) is 3. The Hall–Kier alpha value is -2.34. The van der Waals surface area contributed by atoms with Crippen molar-refractivity contribution in [1.82, 2.24) is 0 Å². The van der Waals surface area contributed by atoms with E-state index >= 15 is 0 Å². The van der Waals surface area contributed by atoms with E-state index in [-0.39, 0.29) is 27.6 Å². The fraction of sp³-hybridized carbons (Fsp3) is 0. The van der Waals surface area contributed by atoms with Gasteiger partial charge in [-0.3, -0.25) is 0 Å². The maximum absolute atomic E-state index is 13.7. The first-order valence-electron chi connectivity index (χ1n) is 5.43. The van der Waals surface area contributed by atoms with Crippen molar-refractivity contribution in [1.29, 1.82) is 0 Å². The molecule has 2 aromatic carbocycles. The van der Waals surface area contributed by atoms with Crippen LogP contribution >= 0.6 is 11.6 Å². The Kier molecular flexibility index (Phi) is 3.76. The first-order chi connectivity index (χ1) is 9.38. The van der Waals surface area contributed by atoms with Gasteiger partial charge in [0.05, 0.1) is 16.3 Å². The summed E-state index contributed by atoms with van der Waals surface area (Å²) in [7, 11) is 0. The van der Waals surface area contributed by atoms with Crippen LogP contribution in [0.25, 0.3) is 0 Å². The van der Waals surface area contributed by atoms with E-state index in [1.807, 2.05) is 0 Å². The van der Waals surface area contributed by atoms with Gasteiger partial charge in [-0.05, 0) is 30.3 Å². The monoisotopic (exact) mass is 298 g/mol. The normalized spacial score (nSPS) is 10.3. The van der Waals surface area contributed by atoms with Crippen LogP contribution in [-0.2, 0) is 0 Å². The SMILES string of the molecule is Nc1cc(F)c(Nc2ccc(Cl)c(F)c2)cc1C(=O)O. The minimum Gasteiger partial charge on any atom is -0.478 e. The van der Waals surface area contributed by atoms with Crippen molar-refractivity contribution in [3.05, 3.63) is 52.6 Å². The second-order valence-electron chi connectivity index (χ2n) is 3.98. The first-order valence-corrected chi connectivity index (χ1v) is 5.80. The molecule has 0 aliphatic carbocycles. The number of halogens is 3. The first kappa shape index (κ1) is 14.1. The third-order valence-corrected chi connectivity index (χ3v) is 2.87. The summed E-state index contributed by atoms with van der Waals surface area (Å²) < 4.78 is 27.0. The number of anilines is 3. The van der Waals surface area contributed by atoms with Crippen LogP contribution in [0.1, 0.15) is 10.4 Å². The molecule has 0 aliphatic heterocycles. The Morgan fingerprint density at radius 1 is 1.20 bits per heavy atom. The van der Waals surface area contributed by atoms with E-state index in [1.54, 1.807) is 0 Å². The molecule has 0 radical (unpaired) electrons. The number of carboxylic acid groups (broad SMARTS) is 1. The largest absolute Gasteiger partial charge is 0.478 e. The van der Waals surface area contributed by atoms with Crippen LogP contribution in [0, 0.1) is 11.6 Å². The maximum Gasteiger partial charge on any atom is 0.337 e. The van der Waals surface area contributed by atoms with E-state index in [4.69, 9.17) is 22.4 Å². The molecular formula is C13H9ClF2N2O2. The molecule has 0 spiro atoms. The molecule has 7 heteroatoms. The van der Waals surface area contributed by atoms with Gasteiger partial charge in [-0.15, -0.1) is 0 Å². The number of aromatic carboxylic acids is 1. The number of hydrogen-bond donors (Lipinski definition) is 3. The molecule has 0 aromatic heterocycles. The fourth-order valence-corrected chi connectivity index (χ4v) is 1.72. The highest BCUT2D eigenvalue weighted by atomic mass is 35.5. The number of carbonyl (C=O) groups is 1. The summed E-state index contributed by atoms with van der Waals surface area (Å²) in [6.07, 6.45) is 0. The third kappa shape index (κ3) is 2.80. The Morgan fingerprint density at radius 3 is 2.50 bits per heavy atom. The van der Waals surface area contributed by atoms with Gasteiger partial charge >= 0.3 is 5.97 Å². The van der Waals surface area contributed by atoms with Crippen LogP contribution in [0.15, 0.2) is 30.3 Å². The fourth-order valence-electron chi connectivity index (χ4n) is 1.60. The van der Waals surface area contributed by atoms with Crippen LogP contribution in [0.2, 0.25) is 5.02 Å². The average molecular weight is 299 g/mol. The lowest BCUT2D eigenvalue weighted by Crippen LogP contribution is -2.05. The van der Waals surface area contributed by atoms with Crippen LogP contribution in [0.4, 0.5) is 25.8 Å². The van der Waals surface area contributed by atoms with Gasteiger partial charge in [0.15, 0.2) is 0 Å². The zero-order chi connectivity index (χ0) is 14.9. The van der Waals surface area contributed by atoms with Crippen LogP contribution < -0.4 is 11.1 Å². The lowest BCUT2D eigenvalue weighted by Gasteiger charge is -2.10. The molecule has 20 heavy (non-hydrogen) atoms. The van der Waals surface area contributed by atoms with Gasteiger partial charge in [-0.2, -0.15) is 0 Å². The van der Waals surface area contributed by atoms with Crippen molar-refractivity contribution in [2.45, 2.75) is 0 Å². The second-order valence-corrected chi connectivity index (χ2v) is 4.39. The smallest absolute Gasteiger partial charge is 0.337 e. The highest BCUT2D eigenvalue weighted by Crippen LogP contribution is 2.27. The molecule has 0 heterocycles. The molecule has 2 aromatic rings. The molecule has 0 aliphatic rings. The highest BCUT2D eigenvalue weighted by molar-refractivity contribution is 6.30. The Balaban J connectivity index is 2.40. The molecule has 0 amide bonds. The highest BCUT2D eigenvalue weighted by Gasteiger charge is 2.13. The molecule has 0 saturated heterocycles. The Morgan fingerprint density at radius 2 is 1.90 bits per heavy atom. The zero-order valence-corrected chi connectivity index (χ0v) is 10.7. The van der Waals surface area contributed by atoms with Crippen molar-refractivity contribution < 1.29 is 18.7 Å². The predicted molar refractivity (Wildman–Crippen MR) is 72.5 cm³/mol. The summed E-state index contributed by atoms with van der Waals surface area (Å²) in [6, 6.07) is 5.73. The lowest BCUT2D eigenvalue weighted by atomic mass is 10.1. The lowest BCUT2D eigenvalue weighted by molar-refractivity contribution is 0.0698. The van der Waals surface area contributed by atoms with Gasteiger partial charge in [0.1, 0.15) is 11.6 Å². The molecule has 0 atom stereocenters. The Labute approximate surface area is 117 Å². The molecule has 4 N–H and O–H groups in total. The third-order valence-electron chi connectivity index (χ3n) is 2.57. The van der Waals surface area contributed by atoms with Crippen molar-refractivity contribution in [3.8, 4) is 0 Å². The van der Waals surface area contributed by atoms with Gasteiger partial charge in [-0.25, -0.2) is 13.6 Å². The maximum atomic E-state index is 13.7. The molecule has 104 valence electrons. The van der Waals surface area contributed by atoms with E-state index < -0.39 is 17.6 Å². The molecule has 0 saturated carbocycles. The molecule has 0 bridgehead atoms. The number of nitrogen functional groups attached to an aromatic ring is 1. The van der Waals surface area contributed by atoms with Gasteiger partial charge in [-0.1, -0.05) is 11.6 Å². The summed E-state index contributed by atoms with van der Waals surface area (Å²) in [6.45, 7) is 0. The summed E-state index contributed by atoms with van der Waals surface area (Å²) in [5.41, 5.74) is 5.07. The Bertz CT molecular complexity index is 692. The summed E-state index contributed by atoms with van der Waals surface area (Å²) in [5.74, 6) is -2.71. The molecular weight excluding hydrogens is 290 g/mol. The number of benzene rings is 2. The van der Waals surface area contributed by atoms with Crippen molar-refractivity contribution in [2.24, 2.45) is 0 Å². The minimum atomic E-state index is -1.28. The van der Waals surface area contributed by atoms with E-state index in [1.165, 1.54) is 12.1 Å². The van der Waals surface area contributed by atoms with Crippen molar-refractivity contribution >= 4 is 34.6 Å². The molecule has 2 rings (SSSR count). The molecule has 4 nitrogen and oxygen atoms in total. The number of nitrogens with one attached hydrogen (secondary N) is 1. The quantitative estimate of drug-likeness (QED) is 0.756. The van der Waals surface area contributed by atoms with Crippen molar-refractivity contribution in [3.63, 3.8) is 0 Å². The molecule has 0 unspecified atom stereocenters. The number of carboxylic acids is 1. The van der Waals surface area contributed by atoms with Gasteiger partial charge in [0.25, 0.3) is 0 Å². The minimum absolute atomic E-state index is 0.0699. The molecule has 0 fully saturated rings. The van der Waals surface area contributed by atoms with E-state index in [0.29, 0.717) is 0 Å². The topological polar surface area (TPSA) is 75.3 Å². The average Bonchev–Trinajstić information content (AvgIpc) is 2.36. The van der Waals surface area contributed by atoms with Crippen molar-refractivity contribution in [2.75, 3.05) is 11.1 Å². The van der Waals surface area contributed by atoms with Gasteiger partial charge in [0, 0.05) is 11.4 Å². The predicted octanol–water partition coefficient (Wildman–Crippen LogP) is 3.64. The number of nitrogens with two attached hydrogens (primary N) is 1. The van der Waals surface area contributed by atoms with E-state index in [9.17, 15) is 13.6 Å². The van der Waals surface area contributed by atoms with Gasteiger partial charge < -0.3 is 16.2 Å². The second kappa shape index (κ2) is 5.34. The summed E-state index contributed by atoms with van der Waals surface area (Å²) in [4.78, 5) is 10.9. The summed E-state index contributed by atoms with van der Waals surface area (Å²) in [5, 5.41) is 11.4. The summed E-state index contributed by atoms with van der Waals surface area (Å²) >= 11 is 5.53. The van der Waals surface area contributed by atoms with Crippen LogP contribution in [0.5, 0.6) is 0 Å². The van der Waals surface area contributed by atoms with E-state index in [0.717, 1.165) is 18.2 Å². The van der Waals surface area contributed by atoms with Crippen LogP contribution in [-0.4, -0.2) is 11.1 Å². The zero-order valence-electron chi connectivity index (χ0n) is 9.95. The van der Waals surface area contributed by atoms with Gasteiger partial charge in [0.2, 0.25) is 0 Å². The van der Waals surface area contributed by atoms with E-state index in [2.05, 4.69) is 5.32 Å².